The molecule has 1 fully saturated rings. The van der Waals surface area contributed by atoms with Gasteiger partial charge in [0.1, 0.15) is 18.0 Å². The van der Waals surface area contributed by atoms with Gasteiger partial charge in [-0.1, -0.05) is 24.8 Å². The number of nitrogens with zero attached hydrogens (tertiary/aromatic N) is 1. The summed E-state index contributed by atoms with van der Waals surface area (Å²) in [5.74, 6) is -1.16. The zero-order chi connectivity index (χ0) is 21.0. The molecule has 1 saturated heterocycles. The van der Waals surface area contributed by atoms with Crippen LogP contribution in [0, 0.1) is 0 Å². The van der Waals surface area contributed by atoms with Crippen LogP contribution >= 0.6 is 0 Å². The third-order valence-electron chi connectivity index (χ3n) is 3.30. The molecule has 1 aromatic rings. The van der Waals surface area contributed by atoms with Crippen LogP contribution in [0.3, 0.4) is 0 Å². The van der Waals surface area contributed by atoms with E-state index in [1.165, 1.54) is 30.3 Å². The van der Waals surface area contributed by atoms with E-state index in [-0.39, 0.29) is 17.9 Å². The Morgan fingerprint density at radius 1 is 1.45 bits per heavy atom. The third-order valence-corrected chi connectivity index (χ3v) is 3.30. The Morgan fingerprint density at radius 2 is 2.18 bits per heavy atom. The number of Topliss-reactive ketones (excluding diaryl/α,β-unsaturated/α-hetero) is 1. The molecule has 0 radical (unpaired) electrons. The number of fused-ring (bicyclic) bond motifs is 1. The lowest BCUT2D eigenvalue weighted by Crippen LogP contribution is -2.52. The summed E-state index contributed by atoms with van der Waals surface area (Å²) in [6.45, 7) is 1.84. The Balaban J connectivity index is 2.11. The van der Waals surface area contributed by atoms with Crippen LogP contribution in [0.5, 0.6) is 5.75 Å². The highest BCUT2D eigenvalue weighted by atomic mass is 16.6. The Morgan fingerprint density at radius 3 is 2.91 bits per heavy atom. The number of ether oxygens (including phenoxy) is 2. The first kappa shape index (κ1) is 8.98. The summed E-state index contributed by atoms with van der Waals surface area (Å²) in [5.41, 5.74) is -2.88. The molecule has 1 aromatic carbocycles. The van der Waals surface area contributed by atoms with E-state index in [4.69, 9.17) is 17.7 Å². The van der Waals surface area contributed by atoms with Gasteiger partial charge in [0, 0.05) is 34.1 Å². The second-order valence-electron chi connectivity index (χ2n) is 4.81. The molecule has 1 spiro atoms. The summed E-state index contributed by atoms with van der Waals surface area (Å²) in [6.07, 6.45) is -8.19. The van der Waals surface area contributed by atoms with Crippen molar-refractivity contribution < 1.29 is 27.3 Å². The molecule has 1 amide bonds. The number of ketones is 1. The topological polar surface area (TPSA) is 55.8 Å². The van der Waals surface area contributed by atoms with Gasteiger partial charge in [-0.15, -0.1) is 0 Å². The maximum Gasteiger partial charge on any atom is 0.410 e. The Labute approximate surface area is 137 Å². The molecular formula is C17H19NO4. The molecular weight excluding hydrogens is 282 g/mol. The lowest BCUT2D eigenvalue weighted by atomic mass is 9.82. The maximum absolute atomic E-state index is 12.8. The number of hydrogen-bond acceptors (Lipinski definition) is 4. The van der Waals surface area contributed by atoms with Crippen LogP contribution in [-0.2, 0) is 4.74 Å². The van der Waals surface area contributed by atoms with Crippen LogP contribution in [0.15, 0.2) is 36.9 Å². The van der Waals surface area contributed by atoms with E-state index in [9.17, 15) is 9.59 Å². The van der Waals surface area contributed by atoms with Crippen molar-refractivity contribution in [2.24, 2.45) is 0 Å². The van der Waals surface area contributed by atoms with Crippen molar-refractivity contribution in [2.45, 2.75) is 24.7 Å². The second-order valence-corrected chi connectivity index (χ2v) is 4.81. The third kappa shape index (κ3) is 2.71. The van der Waals surface area contributed by atoms with Gasteiger partial charge in [0.2, 0.25) is 0 Å². The minimum atomic E-state index is -3.02. The van der Waals surface area contributed by atoms with E-state index in [2.05, 4.69) is 6.58 Å². The van der Waals surface area contributed by atoms with Gasteiger partial charge in [0.25, 0.3) is 0 Å². The molecule has 0 aliphatic carbocycles. The van der Waals surface area contributed by atoms with Crippen LogP contribution in [0.1, 0.15) is 37.7 Å². The van der Waals surface area contributed by atoms with Crippen LogP contribution in [-0.4, -0.2) is 42.1 Å². The number of benzene rings is 1. The summed E-state index contributed by atoms with van der Waals surface area (Å²) in [7, 11) is 0. The van der Waals surface area contributed by atoms with Crippen LogP contribution in [0.25, 0.3) is 0 Å². The summed E-state index contributed by atoms with van der Waals surface area (Å²) >= 11 is 0. The summed E-state index contributed by atoms with van der Waals surface area (Å²) in [5, 5.41) is 0. The van der Waals surface area contributed by atoms with Crippen LogP contribution < -0.4 is 4.74 Å². The Bertz CT molecular complexity index is 823. The lowest BCUT2D eigenvalue weighted by Gasteiger charge is -2.43. The van der Waals surface area contributed by atoms with Gasteiger partial charge >= 0.3 is 6.09 Å². The second kappa shape index (κ2) is 5.83. The molecule has 0 unspecified atom stereocenters. The predicted molar refractivity (Wildman–Crippen MR) is 81.1 cm³/mol. The molecule has 0 atom stereocenters. The molecule has 3 rings (SSSR count). The number of para-hydroxylation sites is 1. The molecule has 2 aliphatic rings. The number of amides is 1. The van der Waals surface area contributed by atoms with E-state index in [0.29, 0.717) is 0 Å². The first-order chi connectivity index (χ1) is 12.9. The minimum absolute atomic E-state index is 0.0856. The van der Waals surface area contributed by atoms with Crippen molar-refractivity contribution in [2.75, 3.05) is 19.7 Å². The fourth-order valence-corrected chi connectivity index (χ4v) is 2.20. The van der Waals surface area contributed by atoms with Gasteiger partial charge in [0.15, 0.2) is 5.78 Å². The number of piperidine rings is 1. The molecule has 0 N–H and O–H groups in total. The molecule has 22 heavy (non-hydrogen) atoms. The number of hydrogen-bond donors (Lipinski definition) is 0. The van der Waals surface area contributed by atoms with Crippen LogP contribution in [0.2, 0.25) is 0 Å². The standard InChI is InChI=1S/C17H19NO4/c1-2-11-21-16(20)18-9-7-17(8-10-18)12-14(19)13-5-3-4-6-15(13)22-17/h2-6H,1,7-12H2/i7D2,8D2,12D2. The lowest BCUT2D eigenvalue weighted by molar-refractivity contribution is -0.00810. The smallest absolute Gasteiger partial charge is 0.410 e. The van der Waals surface area contributed by atoms with E-state index in [1.807, 2.05) is 0 Å². The molecule has 0 aromatic heterocycles. The minimum Gasteiger partial charge on any atom is -0.486 e. The van der Waals surface area contributed by atoms with Gasteiger partial charge < -0.3 is 14.4 Å². The van der Waals surface area contributed by atoms with Gasteiger partial charge in [-0.3, -0.25) is 4.79 Å². The van der Waals surface area contributed by atoms with Crippen molar-refractivity contribution in [3.63, 3.8) is 0 Å². The highest BCUT2D eigenvalue weighted by Gasteiger charge is 2.43. The molecule has 2 aliphatic heterocycles. The molecule has 0 bridgehead atoms. The van der Waals surface area contributed by atoms with Gasteiger partial charge in [0.05, 0.1) is 11.9 Å². The average molecular weight is 307 g/mol. The van der Waals surface area contributed by atoms with Gasteiger partial charge in [-0.05, 0) is 12.1 Å². The average Bonchev–Trinajstić information content (AvgIpc) is 2.60. The van der Waals surface area contributed by atoms with Crippen molar-refractivity contribution in [3.8, 4) is 5.75 Å². The Kier molecular flexibility index (Phi) is 2.38. The number of carbonyl (C=O) groups is 2. The van der Waals surface area contributed by atoms with Gasteiger partial charge in [-0.25, -0.2) is 4.79 Å². The van der Waals surface area contributed by atoms with E-state index < -0.39 is 49.7 Å². The monoisotopic (exact) mass is 307 g/mol. The predicted octanol–water partition coefficient (Wildman–Crippen LogP) is 2.81. The first-order valence-corrected chi connectivity index (χ1v) is 6.77. The zero-order valence-corrected chi connectivity index (χ0v) is 11.8. The van der Waals surface area contributed by atoms with Crippen molar-refractivity contribution in [1.82, 2.24) is 4.90 Å². The quantitative estimate of drug-likeness (QED) is 0.788. The van der Waals surface area contributed by atoms with Crippen LogP contribution in [0.4, 0.5) is 4.79 Å². The number of rotatable bonds is 2. The molecule has 116 valence electrons. The SMILES string of the molecule is [2H]C1([2H])CN(C(=O)OCC=C)CC([2H])([2H])C12Oc1ccccc1C(=O)C2([2H])[2H]. The summed E-state index contributed by atoms with van der Waals surface area (Å²) in [4.78, 5) is 25.8. The van der Waals surface area contributed by atoms with Crippen molar-refractivity contribution >= 4 is 11.9 Å². The highest BCUT2D eigenvalue weighted by Crippen LogP contribution is 2.39. The van der Waals surface area contributed by atoms with E-state index in [0.717, 1.165) is 4.90 Å². The van der Waals surface area contributed by atoms with E-state index >= 15 is 0 Å². The summed E-state index contributed by atoms with van der Waals surface area (Å²) in [6, 6.07) is 5.74. The highest BCUT2D eigenvalue weighted by molar-refractivity contribution is 6.00. The molecule has 2 heterocycles. The number of carbonyl (C=O) groups excluding carboxylic acids is 2. The molecule has 5 heteroatoms. The molecule has 5 nitrogen and oxygen atoms in total. The van der Waals surface area contributed by atoms with Gasteiger partial charge in [-0.2, -0.15) is 0 Å². The van der Waals surface area contributed by atoms with Crippen molar-refractivity contribution in [1.29, 1.82) is 0 Å². The normalized spacial score (nSPS) is 30.2. The first-order valence-electron chi connectivity index (χ1n) is 9.77. The van der Waals surface area contributed by atoms with E-state index in [1.54, 1.807) is 0 Å². The maximum atomic E-state index is 12.8. The largest absolute Gasteiger partial charge is 0.486 e. The molecule has 0 saturated carbocycles. The number of likely N-dealkylation sites (tertiary alicyclic amines) is 1. The zero-order valence-electron chi connectivity index (χ0n) is 17.8. The summed E-state index contributed by atoms with van der Waals surface area (Å²) < 4.78 is 61.0. The Hall–Kier alpha value is -2.30. The van der Waals surface area contributed by atoms with Crippen molar-refractivity contribution in [3.05, 3.63) is 42.5 Å². The fraction of sp³-hybridized carbons (Fsp3) is 0.412. The fourth-order valence-electron chi connectivity index (χ4n) is 2.20.